The quantitative estimate of drug-likeness (QED) is 0.311. The van der Waals surface area contributed by atoms with E-state index in [1.807, 2.05) is 66.4 Å². The zero-order valence-electron chi connectivity index (χ0n) is 23.3. The average molecular weight is 529 g/mol. The minimum atomic E-state index is -0.192. The molecule has 3 aromatic carbocycles. The van der Waals surface area contributed by atoms with E-state index < -0.39 is 0 Å². The number of hydrogen-bond acceptors (Lipinski definition) is 6. The molecule has 3 aromatic rings. The molecule has 0 saturated carbocycles. The molecule has 39 heavy (non-hydrogen) atoms. The van der Waals surface area contributed by atoms with Crippen LogP contribution in [0.15, 0.2) is 64.6 Å². The Bertz CT molecular complexity index is 1300. The lowest BCUT2D eigenvalue weighted by molar-refractivity contribution is 0.414. The fourth-order valence-corrected chi connectivity index (χ4v) is 5.45. The molecule has 5 rings (SSSR count). The third-order valence-corrected chi connectivity index (χ3v) is 7.57. The summed E-state index contributed by atoms with van der Waals surface area (Å²) in [4.78, 5) is 13.3. The molecule has 0 aromatic heterocycles. The van der Waals surface area contributed by atoms with Crippen LogP contribution in [-0.2, 0) is 13.1 Å². The molecule has 7 heteroatoms. The van der Waals surface area contributed by atoms with Gasteiger partial charge in [0.05, 0.1) is 25.6 Å². The van der Waals surface area contributed by atoms with Gasteiger partial charge in [-0.05, 0) is 61.1 Å². The molecule has 0 N–H and O–H groups in total. The van der Waals surface area contributed by atoms with Gasteiger partial charge in [-0.1, -0.05) is 30.3 Å². The molecule has 0 spiro atoms. The Labute approximate surface area is 230 Å². The maximum absolute atomic E-state index is 15.8. The second-order valence-electron chi connectivity index (χ2n) is 10.2. The van der Waals surface area contributed by atoms with Crippen LogP contribution in [-0.4, -0.2) is 52.8 Å². The second-order valence-corrected chi connectivity index (χ2v) is 10.2. The average Bonchev–Trinajstić information content (AvgIpc) is 3.70. The number of ether oxygens (including phenoxy) is 2. The van der Waals surface area contributed by atoms with Crippen LogP contribution in [0.5, 0.6) is 11.5 Å². The van der Waals surface area contributed by atoms with Crippen LogP contribution in [0.2, 0.25) is 0 Å². The van der Waals surface area contributed by atoms with Gasteiger partial charge in [0.25, 0.3) is 0 Å². The summed E-state index contributed by atoms with van der Waals surface area (Å²) in [6, 6.07) is 17.9. The van der Waals surface area contributed by atoms with Crippen molar-refractivity contribution in [3.63, 3.8) is 0 Å². The first kappa shape index (κ1) is 26.7. The maximum Gasteiger partial charge on any atom is 0.142 e. The minimum absolute atomic E-state index is 0.192. The van der Waals surface area contributed by atoms with E-state index in [0.717, 1.165) is 84.2 Å². The Morgan fingerprint density at radius 2 is 1.18 bits per heavy atom. The van der Waals surface area contributed by atoms with Crippen LogP contribution in [0.4, 0.5) is 15.8 Å². The summed E-state index contributed by atoms with van der Waals surface area (Å²) in [6.07, 6.45) is 4.18. The summed E-state index contributed by atoms with van der Waals surface area (Å²) in [5.74, 6) is 1.34. The summed E-state index contributed by atoms with van der Waals surface area (Å²) in [5.41, 5.74) is 7.55. The van der Waals surface area contributed by atoms with Gasteiger partial charge in [0.15, 0.2) is 0 Å². The van der Waals surface area contributed by atoms with Crippen molar-refractivity contribution in [3.8, 4) is 11.5 Å². The van der Waals surface area contributed by atoms with Crippen LogP contribution in [0.25, 0.3) is 0 Å². The van der Waals surface area contributed by atoms with Gasteiger partial charge in [0.1, 0.15) is 17.3 Å². The summed E-state index contributed by atoms with van der Waals surface area (Å²) in [7, 11) is 7.27. The van der Waals surface area contributed by atoms with Gasteiger partial charge in [0.2, 0.25) is 0 Å². The smallest absolute Gasteiger partial charge is 0.142 e. The monoisotopic (exact) mass is 528 g/mol. The molecule has 0 saturated heterocycles. The van der Waals surface area contributed by atoms with Crippen LogP contribution < -0.4 is 19.3 Å². The number of benzene rings is 3. The highest BCUT2D eigenvalue weighted by molar-refractivity contribution is 6.03. The summed E-state index contributed by atoms with van der Waals surface area (Å²) >= 11 is 0. The van der Waals surface area contributed by atoms with Crippen molar-refractivity contribution < 1.29 is 13.9 Å². The number of rotatable bonds is 10. The highest BCUT2D eigenvalue weighted by Crippen LogP contribution is 2.33. The first-order chi connectivity index (χ1) is 19.0. The van der Waals surface area contributed by atoms with Gasteiger partial charge < -0.3 is 19.3 Å². The Hall–Kier alpha value is -3.87. The van der Waals surface area contributed by atoms with Crippen molar-refractivity contribution in [2.24, 2.45) is 9.98 Å². The Kier molecular flexibility index (Phi) is 8.15. The standard InChI is InChI=1S/C32H37FN4O2/c1-36(28-14-12-22(18-30(28)38-3)26-10-6-16-34-26)20-24-8-5-9-25(32(24)33)21-37(2)29-15-13-23(19-31(29)39-4)27-11-7-17-35-27/h5,8-9,12-15,18-19H,6-7,10-11,16-17,20-21H2,1-4H3. The predicted molar refractivity (Wildman–Crippen MR) is 158 cm³/mol. The lowest BCUT2D eigenvalue weighted by Gasteiger charge is -2.25. The van der Waals surface area contributed by atoms with E-state index in [9.17, 15) is 0 Å². The van der Waals surface area contributed by atoms with E-state index in [0.29, 0.717) is 24.2 Å². The minimum Gasteiger partial charge on any atom is -0.495 e. The highest BCUT2D eigenvalue weighted by atomic mass is 19.1. The number of methoxy groups -OCH3 is 2. The predicted octanol–water partition coefficient (Wildman–Crippen LogP) is 6.28. The van der Waals surface area contributed by atoms with E-state index in [1.165, 1.54) is 0 Å². The molecule has 2 aliphatic rings. The van der Waals surface area contributed by atoms with Gasteiger partial charge >= 0.3 is 0 Å². The van der Waals surface area contributed by atoms with Gasteiger partial charge in [0, 0.05) is 62.8 Å². The van der Waals surface area contributed by atoms with Crippen molar-refractivity contribution in [3.05, 3.63) is 82.7 Å². The third-order valence-electron chi connectivity index (χ3n) is 7.57. The number of hydrogen-bond donors (Lipinski definition) is 0. The van der Waals surface area contributed by atoms with Crippen LogP contribution in [0, 0.1) is 5.82 Å². The van der Waals surface area contributed by atoms with Crippen molar-refractivity contribution >= 4 is 22.8 Å². The SMILES string of the molecule is COc1cc(C2=NCCC2)ccc1N(C)Cc1cccc(CN(C)c2ccc(C3=NCCC3)cc2OC)c1F. The number of halogens is 1. The molecule has 0 bridgehead atoms. The lowest BCUT2D eigenvalue weighted by Crippen LogP contribution is -2.21. The van der Waals surface area contributed by atoms with Gasteiger partial charge in [-0.15, -0.1) is 0 Å². The molecule has 204 valence electrons. The Morgan fingerprint density at radius 1 is 0.718 bits per heavy atom. The van der Waals surface area contributed by atoms with E-state index in [2.05, 4.69) is 22.1 Å². The summed E-state index contributed by atoms with van der Waals surface area (Å²) in [6.45, 7) is 2.61. The fourth-order valence-electron chi connectivity index (χ4n) is 5.45. The van der Waals surface area contributed by atoms with Crippen LogP contribution in [0.3, 0.4) is 0 Å². The molecular formula is C32H37FN4O2. The van der Waals surface area contributed by atoms with E-state index in [-0.39, 0.29) is 5.82 Å². The van der Waals surface area contributed by atoms with Crippen molar-refractivity contribution in [2.75, 3.05) is 51.2 Å². The molecular weight excluding hydrogens is 491 g/mol. The highest BCUT2D eigenvalue weighted by Gasteiger charge is 2.19. The molecule has 0 atom stereocenters. The summed E-state index contributed by atoms with van der Waals surface area (Å²) < 4.78 is 27.2. The molecule has 6 nitrogen and oxygen atoms in total. The third kappa shape index (κ3) is 5.77. The Balaban J connectivity index is 1.32. The molecule has 0 radical (unpaired) electrons. The first-order valence-corrected chi connectivity index (χ1v) is 13.6. The normalized spacial score (nSPS) is 14.7. The van der Waals surface area contributed by atoms with Crippen molar-refractivity contribution in [1.82, 2.24) is 0 Å². The van der Waals surface area contributed by atoms with Gasteiger partial charge in [-0.25, -0.2) is 4.39 Å². The van der Waals surface area contributed by atoms with Crippen molar-refractivity contribution in [1.29, 1.82) is 0 Å². The van der Waals surface area contributed by atoms with Gasteiger partial charge in [-0.3, -0.25) is 9.98 Å². The second kappa shape index (κ2) is 11.9. The largest absolute Gasteiger partial charge is 0.495 e. The molecule has 2 aliphatic heterocycles. The molecule has 0 fully saturated rings. The van der Waals surface area contributed by atoms with E-state index in [4.69, 9.17) is 9.47 Å². The molecule has 0 unspecified atom stereocenters. The van der Waals surface area contributed by atoms with Crippen LogP contribution >= 0.6 is 0 Å². The van der Waals surface area contributed by atoms with Crippen molar-refractivity contribution in [2.45, 2.75) is 38.8 Å². The topological polar surface area (TPSA) is 49.7 Å². The van der Waals surface area contributed by atoms with Gasteiger partial charge in [-0.2, -0.15) is 0 Å². The fraction of sp³-hybridized carbons (Fsp3) is 0.375. The zero-order chi connectivity index (χ0) is 27.4. The van der Waals surface area contributed by atoms with E-state index in [1.54, 1.807) is 14.2 Å². The van der Waals surface area contributed by atoms with E-state index >= 15 is 4.39 Å². The molecule has 2 heterocycles. The number of nitrogens with zero attached hydrogens (tertiary/aromatic N) is 4. The number of anilines is 2. The molecule has 0 amide bonds. The first-order valence-electron chi connectivity index (χ1n) is 13.6. The lowest BCUT2D eigenvalue weighted by atomic mass is 10.0. The maximum atomic E-state index is 15.8. The number of aliphatic imine (C=N–C) groups is 2. The molecule has 0 aliphatic carbocycles. The summed E-state index contributed by atoms with van der Waals surface area (Å²) in [5, 5.41) is 0. The Morgan fingerprint density at radius 3 is 1.56 bits per heavy atom. The zero-order valence-corrected chi connectivity index (χ0v) is 23.3. The van der Waals surface area contributed by atoms with Crippen LogP contribution in [0.1, 0.15) is 47.9 Å².